The summed E-state index contributed by atoms with van der Waals surface area (Å²) >= 11 is 4.17. The second kappa shape index (κ2) is 7.59. The third kappa shape index (κ3) is 3.64. The molecule has 4 aromatic rings. The molecule has 10 heteroatoms. The van der Waals surface area contributed by atoms with Crippen molar-refractivity contribution in [2.45, 2.75) is 9.10 Å². The molecule has 0 saturated heterocycles. The molecule has 0 aromatic carbocycles. The minimum Gasteiger partial charge on any atom is -0.464 e. The summed E-state index contributed by atoms with van der Waals surface area (Å²) in [5, 5.41) is 6.88. The number of ether oxygens (including phenoxy) is 1. The van der Waals surface area contributed by atoms with Crippen molar-refractivity contribution in [3.63, 3.8) is 0 Å². The van der Waals surface area contributed by atoms with Gasteiger partial charge in [0.15, 0.2) is 16.6 Å². The van der Waals surface area contributed by atoms with Crippen molar-refractivity contribution in [2.75, 3.05) is 12.4 Å². The van der Waals surface area contributed by atoms with E-state index in [1.54, 1.807) is 23.7 Å². The largest absolute Gasteiger partial charge is 0.464 e. The third-order valence-corrected chi connectivity index (χ3v) is 6.46. The third-order valence-electron chi connectivity index (χ3n) is 3.53. The monoisotopic (exact) mass is 418 g/mol. The first-order valence-electron chi connectivity index (χ1n) is 7.61. The van der Waals surface area contributed by atoms with Crippen molar-refractivity contribution in [1.29, 1.82) is 0 Å². The van der Waals surface area contributed by atoms with Crippen LogP contribution in [0.4, 0.5) is 15.3 Å². The van der Waals surface area contributed by atoms with Crippen LogP contribution in [-0.4, -0.2) is 28.0 Å². The number of nitrogens with zero attached hydrogens (tertiary/aromatic N) is 3. The molecule has 0 saturated carbocycles. The molecule has 0 fully saturated rings. The molecule has 4 heterocycles. The van der Waals surface area contributed by atoms with Gasteiger partial charge in [-0.15, -0.1) is 11.3 Å². The molecule has 0 radical (unpaired) electrons. The van der Waals surface area contributed by atoms with Crippen LogP contribution in [0.15, 0.2) is 51.3 Å². The van der Waals surface area contributed by atoms with Crippen molar-refractivity contribution in [2.24, 2.45) is 0 Å². The average Bonchev–Trinajstić information content (AvgIpc) is 3.33. The molecule has 4 rings (SSSR count). The molecule has 0 atom stereocenters. The average molecular weight is 419 g/mol. The Labute approximate surface area is 165 Å². The lowest BCUT2D eigenvalue weighted by atomic mass is 10.3. The number of hydrogen-bond donors (Lipinski definition) is 1. The summed E-state index contributed by atoms with van der Waals surface area (Å²) in [6.45, 7) is 0. The van der Waals surface area contributed by atoms with E-state index in [9.17, 15) is 9.18 Å². The van der Waals surface area contributed by atoms with Gasteiger partial charge in [-0.2, -0.15) is 0 Å². The highest BCUT2D eigenvalue weighted by Gasteiger charge is 2.18. The number of carbonyl (C=O) groups excluding carboxylic acids is 1. The Morgan fingerprint density at radius 2 is 2.07 bits per heavy atom. The predicted octanol–water partition coefficient (Wildman–Crippen LogP) is 4.97. The molecule has 4 aromatic heterocycles. The zero-order valence-electron chi connectivity index (χ0n) is 13.8. The topological polar surface area (TPSA) is 77.0 Å². The molecule has 27 heavy (non-hydrogen) atoms. The van der Waals surface area contributed by atoms with E-state index in [1.165, 1.54) is 42.5 Å². The molecular weight excluding hydrogens is 407 g/mol. The highest BCUT2D eigenvalue weighted by Crippen LogP contribution is 2.37. The van der Waals surface area contributed by atoms with Crippen LogP contribution in [0.3, 0.4) is 0 Å². The van der Waals surface area contributed by atoms with E-state index < -0.39 is 11.8 Å². The van der Waals surface area contributed by atoms with Crippen LogP contribution < -0.4 is 5.32 Å². The fraction of sp³-hybridized carbons (Fsp3) is 0.0588. The Bertz CT molecular complexity index is 1130. The quantitative estimate of drug-likeness (QED) is 0.459. The molecule has 0 aliphatic carbocycles. The summed E-state index contributed by atoms with van der Waals surface area (Å²) in [5.74, 6) is -0.791. The maximum absolute atomic E-state index is 14.5. The number of thiophene rings is 1. The number of methoxy groups -OCH3 is 1. The second-order valence-corrected chi connectivity index (χ2v) is 8.49. The van der Waals surface area contributed by atoms with E-state index >= 15 is 0 Å². The summed E-state index contributed by atoms with van der Waals surface area (Å²) in [4.78, 5) is 24.3. The molecule has 0 bridgehead atoms. The highest BCUT2D eigenvalue weighted by atomic mass is 32.2. The second-order valence-electron chi connectivity index (χ2n) is 5.17. The first-order chi connectivity index (χ1) is 13.2. The Morgan fingerprint density at radius 1 is 1.22 bits per heavy atom. The van der Waals surface area contributed by atoms with Gasteiger partial charge in [-0.25, -0.2) is 24.1 Å². The number of esters is 1. The molecule has 0 aliphatic heterocycles. The maximum atomic E-state index is 14.5. The molecule has 6 nitrogen and oxygen atoms in total. The number of rotatable bonds is 5. The number of fused-ring (bicyclic) bond motifs is 1. The fourth-order valence-electron chi connectivity index (χ4n) is 2.31. The lowest BCUT2D eigenvalue weighted by molar-refractivity contribution is 0.0587. The minimum atomic E-state index is -0.809. The van der Waals surface area contributed by atoms with Crippen molar-refractivity contribution in [3.05, 3.63) is 53.7 Å². The molecule has 1 N–H and O–H groups in total. The maximum Gasteiger partial charge on any atom is 0.359 e. The van der Waals surface area contributed by atoms with Gasteiger partial charge in [0.05, 0.1) is 22.4 Å². The van der Waals surface area contributed by atoms with E-state index in [0.29, 0.717) is 5.13 Å². The van der Waals surface area contributed by atoms with Gasteiger partial charge < -0.3 is 10.1 Å². The standard InChI is InChI=1S/C17H11FN4O2S3/c1-24-16(23)14-13(18)11(3-5-19-14)26-12-8-21-17(27-12)22-15-9-4-7-25-10(9)2-6-20-15/h2-8H,1H3,(H,20,21,22). The summed E-state index contributed by atoms with van der Waals surface area (Å²) in [5.41, 5.74) is -0.335. The Balaban J connectivity index is 1.55. The van der Waals surface area contributed by atoms with Crippen molar-refractivity contribution < 1.29 is 13.9 Å². The summed E-state index contributed by atoms with van der Waals surface area (Å²) in [6.07, 6.45) is 4.76. The normalized spacial score (nSPS) is 10.9. The van der Waals surface area contributed by atoms with Crippen LogP contribution in [0.1, 0.15) is 10.5 Å². The van der Waals surface area contributed by atoms with Gasteiger partial charge in [0, 0.05) is 22.5 Å². The fourth-order valence-corrected chi connectivity index (χ4v) is 4.95. The Kier molecular flexibility index (Phi) is 5.01. The molecule has 0 spiro atoms. The number of anilines is 2. The van der Waals surface area contributed by atoms with Gasteiger partial charge >= 0.3 is 5.97 Å². The summed E-state index contributed by atoms with van der Waals surface area (Å²) in [7, 11) is 1.19. The first-order valence-corrected chi connectivity index (χ1v) is 10.1. The highest BCUT2D eigenvalue weighted by molar-refractivity contribution is 8.01. The van der Waals surface area contributed by atoms with Gasteiger partial charge in [-0.1, -0.05) is 23.1 Å². The zero-order chi connectivity index (χ0) is 18.8. The van der Waals surface area contributed by atoms with Gasteiger partial charge in [0.25, 0.3) is 0 Å². The number of thiazole rings is 1. The number of nitrogens with one attached hydrogen (secondary N) is 1. The Hall–Kier alpha value is -2.56. The van der Waals surface area contributed by atoms with Crippen LogP contribution >= 0.6 is 34.4 Å². The molecule has 0 aliphatic rings. The van der Waals surface area contributed by atoms with Crippen LogP contribution in [-0.2, 0) is 4.74 Å². The Morgan fingerprint density at radius 3 is 2.93 bits per heavy atom. The van der Waals surface area contributed by atoms with Crippen LogP contribution in [0.5, 0.6) is 0 Å². The van der Waals surface area contributed by atoms with Crippen molar-refractivity contribution >= 4 is 61.4 Å². The smallest absolute Gasteiger partial charge is 0.359 e. The number of pyridine rings is 2. The lowest BCUT2D eigenvalue weighted by Crippen LogP contribution is -2.07. The van der Waals surface area contributed by atoms with Crippen molar-refractivity contribution in [1.82, 2.24) is 15.0 Å². The zero-order valence-corrected chi connectivity index (χ0v) is 16.3. The number of halogens is 1. The molecule has 0 unspecified atom stereocenters. The molecule has 136 valence electrons. The van der Waals surface area contributed by atoms with Gasteiger partial charge in [-0.05, 0) is 23.6 Å². The van der Waals surface area contributed by atoms with Crippen LogP contribution in [0, 0.1) is 5.82 Å². The molecular formula is C17H11FN4O2S3. The van der Waals surface area contributed by atoms with E-state index in [4.69, 9.17) is 0 Å². The lowest BCUT2D eigenvalue weighted by Gasteiger charge is -2.04. The SMILES string of the molecule is COC(=O)c1nccc(Sc2cnc(Nc3nccc4sccc34)s2)c1F. The van der Waals surface area contributed by atoms with Gasteiger partial charge in [0.1, 0.15) is 5.82 Å². The van der Waals surface area contributed by atoms with Gasteiger partial charge in [-0.3, -0.25) is 0 Å². The van der Waals surface area contributed by atoms with E-state index in [0.717, 1.165) is 20.1 Å². The van der Waals surface area contributed by atoms with Crippen LogP contribution in [0.2, 0.25) is 0 Å². The van der Waals surface area contributed by atoms with E-state index in [1.807, 2.05) is 17.5 Å². The van der Waals surface area contributed by atoms with E-state index in [2.05, 4.69) is 25.0 Å². The summed E-state index contributed by atoms with van der Waals surface area (Å²) in [6, 6.07) is 5.46. The summed E-state index contributed by atoms with van der Waals surface area (Å²) < 4.78 is 20.9. The number of hydrogen-bond acceptors (Lipinski definition) is 9. The number of carbonyl (C=O) groups is 1. The van der Waals surface area contributed by atoms with Gasteiger partial charge in [0.2, 0.25) is 0 Å². The van der Waals surface area contributed by atoms with Crippen molar-refractivity contribution in [3.8, 4) is 0 Å². The number of aromatic nitrogens is 3. The van der Waals surface area contributed by atoms with E-state index in [-0.39, 0.29) is 10.6 Å². The minimum absolute atomic E-state index is 0.277. The predicted molar refractivity (Wildman–Crippen MR) is 105 cm³/mol. The molecule has 0 amide bonds. The first kappa shape index (κ1) is 17.8. The van der Waals surface area contributed by atoms with Crippen LogP contribution in [0.25, 0.3) is 10.1 Å².